The highest BCUT2D eigenvalue weighted by Crippen LogP contribution is 2.33. The molecule has 0 amide bonds. The predicted octanol–water partition coefficient (Wildman–Crippen LogP) is 2.02. The number of rotatable bonds is 5. The molecule has 1 saturated heterocycles. The second kappa shape index (κ2) is 8.52. The molecule has 1 atom stereocenters. The molecule has 2 aromatic heterocycles. The van der Waals surface area contributed by atoms with Gasteiger partial charge in [-0.2, -0.15) is 4.98 Å². The summed E-state index contributed by atoms with van der Waals surface area (Å²) >= 11 is 0. The maximum absolute atomic E-state index is 12.6. The first kappa shape index (κ1) is 20.3. The van der Waals surface area contributed by atoms with Gasteiger partial charge in [-0.3, -0.25) is 4.57 Å². The molecule has 164 valence electrons. The van der Waals surface area contributed by atoms with Gasteiger partial charge < -0.3 is 19.3 Å². The lowest BCUT2D eigenvalue weighted by atomic mass is 9.93. The van der Waals surface area contributed by atoms with E-state index in [0.717, 1.165) is 27.9 Å². The summed E-state index contributed by atoms with van der Waals surface area (Å²) in [6, 6.07) is 11.0. The zero-order valence-electron chi connectivity index (χ0n) is 17.2. The number of carbonyl (C=O) groups is 1. The molecule has 1 unspecified atom stereocenters. The maximum atomic E-state index is 12.6. The van der Waals surface area contributed by atoms with Gasteiger partial charge in [0.05, 0.1) is 25.5 Å². The Morgan fingerprint density at radius 3 is 2.81 bits per heavy atom. The summed E-state index contributed by atoms with van der Waals surface area (Å²) in [5.74, 6) is -0.793. The van der Waals surface area contributed by atoms with E-state index in [1.807, 2.05) is 12.1 Å². The molecule has 4 heterocycles. The second-order valence-corrected chi connectivity index (χ2v) is 7.65. The number of hydrogen-bond acceptors (Lipinski definition) is 7. The van der Waals surface area contributed by atoms with Crippen LogP contribution >= 0.6 is 0 Å². The second-order valence-electron chi connectivity index (χ2n) is 7.65. The van der Waals surface area contributed by atoms with Crippen molar-refractivity contribution in [2.24, 2.45) is 0 Å². The molecule has 1 fully saturated rings. The van der Waals surface area contributed by atoms with E-state index in [-0.39, 0.29) is 30.0 Å². The minimum Gasteiger partial charge on any atom is -0.477 e. The fraction of sp³-hybridized carbons (Fsp3) is 0.304. The van der Waals surface area contributed by atoms with Crippen molar-refractivity contribution < 1.29 is 24.1 Å². The number of ether oxygens (including phenoxy) is 3. The van der Waals surface area contributed by atoms with E-state index in [2.05, 4.69) is 16.0 Å². The highest BCUT2D eigenvalue weighted by molar-refractivity contribution is 5.85. The van der Waals surface area contributed by atoms with Crippen molar-refractivity contribution in [1.29, 1.82) is 0 Å². The highest BCUT2D eigenvalue weighted by Gasteiger charge is 2.21. The number of aromatic nitrogens is 3. The van der Waals surface area contributed by atoms with Crippen LogP contribution in [0.5, 0.6) is 5.88 Å². The molecule has 3 aromatic rings. The third-order valence-corrected chi connectivity index (χ3v) is 5.59. The van der Waals surface area contributed by atoms with E-state index >= 15 is 0 Å². The zero-order chi connectivity index (χ0) is 22.1. The van der Waals surface area contributed by atoms with Crippen LogP contribution in [0.4, 0.5) is 0 Å². The molecule has 5 rings (SSSR count). The Balaban J connectivity index is 1.42. The quantitative estimate of drug-likeness (QED) is 0.648. The molecule has 2 aliphatic heterocycles. The summed E-state index contributed by atoms with van der Waals surface area (Å²) in [7, 11) is 0. The third-order valence-electron chi connectivity index (χ3n) is 5.59. The molecule has 9 heteroatoms. The molecule has 0 aliphatic carbocycles. The molecule has 32 heavy (non-hydrogen) atoms. The first-order valence-electron chi connectivity index (χ1n) is 10.4. The summed E-state index contributed by atoms with van der Waals surface area (Å²) in [5, 5.41) is 9.04. The molecule has 1 aromatic carbocycles. The first-order chi connectivity index (χ1) is 15.6. The third kappa shape index (κ3) is 4.00. The lowest BCUT2D eigenvalue weighted by molar-refractivity contribution is -0.102. The number of fused-ring (bicyclic) bond motifs is 3. The Hall–Kier alpha value is -3.56. The van der Waals surface area contributed by atoms with Gasteiger partial charge in [-0.15, -0.1) is 0 Å². The van der Waals surface area contributed by atoms with Crippen LogP contribution in [0.15, 0.2) is 47.4 Å². The number of pyridine rings is 1. The fourth-order valence-corrected chi connectivity index (χ4v) is 3.96. The van der Waals surface area contributed by atoms with Gasteiger partial charge in [0, 0.05) is 29.9 Å². The van der Waals surface area contributed by atoms with Gasteiger partial charge >= 0.3 is 11.7 Å². The number of aromatic carboxylic acids is 1. The smallest absolute Gasteiger partial charge is 0.354 e. The highest BCUT2D eigenvalue weighted by atomic mass is 16.6. The molecular formula is C23H21N3O6. The van der Waals surface area contributed by atoms with Gasteiger partial charge in [-0.25, -0.2) is 14.6 Å². The van der Waals surface area contributed by atoms with Gasteiger partial charge in [0.2, 0.25) is 5.88 Å². The number of aryl methyl sites for hydroxylation is 1. The maximum Gasteiger partial charge on any atom is 0.354 e. The van der Waals surface area contributed by atoms with Crippen LogP contribution in [0.25, 0.3) is 22.4 Å². The van der Waals surface area contributed by atoms with E-state index in [1.54, 1.807) is 22.9 Å². The molecule has 0 radical (unpaired) electrons. The molecule has 2 aliphatic rings. The lowest BCUT2D eigenvalue weighted by Gasteiger charge is -2.24. The SMILES string of the molecule is O=C(O)c1ccc(-c2ccc3c(c2)CCn2c-3cc(OCC3COCCO3)nc2=O)cn1. The monoisotopic (exact) mass is 435 g/mol. The average molecular weight is 435 g/mol. The number of carboxylic acids is 1. The first-order valence-corrected chi connectivity index (χ1v) is 10.4. The minimum absolute atomic E-state index is 0.00484. The number of benzene rings is 1. The van der Waals surface area contributed by atoms with Crippen molar-refractivity contribution in [3.8, 4) is 28.3 Å². The van der Waals surface area contributed by atoms with E-state index in [9.17, 15) is 9.59 Å². The Bertz CT molecular complexity index is 1220. The van der Waals surface area contributed by atoms with Crippen molar-refractivity contribution in [1.82, 2.24) is 14.5 Å². The Kier molecular flexibility index (Phi) is 5.42. The normalized spacial score (nSPS) is 17.3. The Morgan fingerprint density at radius 1 is 1.19 bits per heavy atom. The molecular weight excluding hydrogens is 414 g/mol. The van der Waals surface area contributed by atoms with Crippen LogP contribution in [-0.4, -0.2) is 58.1 Å². The van der Waals surface area contributed by atoms with E-state index in [1.165, 1.54) is 6.07 Å². The van der Waals surface area contributed by atoms with Crippen LogP contribution in [0.2, 0.25) is 0 Å². The number of carboxylic acid groups (broad SMARTS) is 1. The fourth-order valence-electron chi connectivity index (χ4n) is 3.96. The van der Waals surface area contributed by atoms with Gasteiger partial charge in [0.1, 0.15) is 18.4 Å². The van der Waals surface area contributed by atoms with Crippen molar-refractivity contribution in [2.75, 3.05) is 26.4 Å². The van der Waals surface area contributed by atoms with Gasteiger partial charge in [0.15, 0.2) is 0 Å². The van der Waals surface area contributed by atoms with Gasteiger partial charge in [0.25, 0.3) is 0 Å². The lowest BCUT2D eigenvalue weighted by Crippen LogP contribution is -2.34. The van der Waals surface area contributed by atoms with Crippen molar-refractivity contribution in [3.05, 3.63) is 64.3 Å². The van der Waals surface area contributed by atoms with Crippen molar-refractivity contribution >= 4 is 5.97 Å². The van der Waals surface area contributed by atoms with Crippen LogP contribution in [0.1, 0.15) is 16.1 Å². The number of nitrogens with zero attached hydrogens (tertiary/aromatic N) is 3. The van der Waals surface area contributed by atoms with E-state index in [0.29, 0.717) is 32.8 Å². The van der Waals surface area contributed by atoms with Gasteiger partial charge in [-0.05, 0) is 23.6 Å². The zero-order valence-corrected chi connectivity index (χ0v) is 17.2. The van der Waals surface area contributed by atoms with Crippen LogP contribution in [0.3, 0.4) is 0 Å². The summed E-state index contributed by atoms with van der Waals surface area (Å²) in [4.78, 5) is 31.7. The molecule has 9 nitrogen and oxygen atoms in total. The van der Waals surface area contributed by atoms with Crippen molar-refractivity contribution in [2.45, 2.75) is 19.1 Å². The minimum atomic E-state index is -1.06. The van der Waals surface area contributed by atoms with Crippen LogP contribution < -0.4 is 10.4 Å². The van der Waals surface area contributed by atoms with Crippen LogP contribution in [0, 0.1) is 0 Å². The average Bonchev–Trinajstić information content (AvgIpc) is 2.83. The molecule has 0 spiro atoms. The Labute approximate surface area is 183 Å². The predicted molar refractivity (Wildman–Crippen MR) is 114 cm³/mol. The van der Waals surface area contributed by atoms with Crippen molar-refractivity contribution in [3.63, 3.8) is 0 Å². The topological polar surface area (TPSA) is 113 Å². The summed E-state index contributed by atoms with van der Waals surface area (Å²) in [6.45, 7) is 2.35. The summed E-state index contributed by atoms with van der Waals surface area (Å²) < 4.78 is 18.3. The number of hydrogen-bond donors (Lipinski definition) is 1. The summed E-state index contributed by atoms with van der Waals surface area (Å²) in [5.41, 5.74) is 4.21. The van der Waals surface area contributed by atoms with Gasteiger partial charge in [-0.1, -0.05) is 24.3 Å². The van der Waals surface area contributed by atoms with Crippen LogP contribution in [-0.2, 0) is 22.4 Å². The molecule has 0 bridgehead atoms. The van der Waals surface area contributed by atoms with E-state index in [4.69, 9.17) is 19.3 Å². The largest absolute Gasteiger partial charge is 0.477 e. The molecule has 1 N–H and O–H groups in total. The van der Waals surface area contributed by atoms with E-state index < -0.39 is 5.97 Å². The summed E-state index contributed by atoms with van der Waals surface area (Å²) in [6.07, 6.45) is 2.06. The standard InChI is InChI=1S/C23H21N3O6/c27-22(28)19-4-2-16(11-24-19)14-1-3-18-15(9-14)5-6-26-20(18)10-21(25-23(26)29)32-13-17-12-30-7-8-31-17/h1-4,9-11,17H,5-8,12-13H2,(H,27,28). The molecule has 0 saturated carbocycles. The Morgan fingerprint density at radius 2 is 2.06 bits per heavy atom.